The van der Waals surface area contributed by atoms with Gasteiger partial charge in [0.05, 0.1) is 0 Å². The van der Waals surface area contributed by atoms with Crippen LogP contribution in [0.25, 0.3) is 0 Å². The Labute approximate surface area is 159 Å². The second-order valence-electron chi connectivity index (χ2n) is 7.19. The van der Waals surface area contributed by atoms with Gasteiger partial charge in [-0.05, 0) is 49.7 Å². The van der Waals surface area contributed by atoms with E-state index in [0.717, 1.165) is 37.8 Å². The summed E-state index contributed by atoms with van der Waals surface area (Å²) in [5, 5.41) is 4.40. The first-order valence-corrected chi connectivity index (χ1v) is 10.4. The standard InChI is InChI=1S/C21H35N3S/c1-4-5-6-7-8-9-13-22-21(25)24-16-14-23(15-17-24)20-12-10-11-18(2)19(20)3/h10-12H,4-9,13-17H2,1-3H3,(H,22,25). The molecule has 0 spiro atoms. The third kappa shape index (κ3) is 6.18. The predicted molar refractivity (Wildman–Crippen MR) is 114 cm³/mol. The normalized spacial score (nSPS) is 14.7. The topological polar surface area (TPSA) is 18.5 Å². The van der Waals surface area contributed by atoms with E-state index in [1.807, 2.05) is 0 Å². The van der Waals surface area contributed by atoms with Crippen LogP contribution in [0.5, 0.6) is 0 Å². The Kier molecular flexibility index (Phi) is 8.53. The Morgan fingerprint density at radius 1 is 1.00 bits per heavy atom. The Balaban J connectivity index is 1.67. The molecule has 140 valence electrons. The van der Waals surface area contributed by atoms with Crippen LogP contribution < -0.4 is 10.2 Å². The molecule has 1 N–H and O–H groups in total. The summed E-state index contributed by atoms with van der Waals surface area (Å²) in [4.78, 5) is 4.82. The van der Waals surface area contributed by atoms with E-state index in [4.69, 9.17) is 12.2 Å². The van der Waals surface area contributed by atoms with Crippen LogP contribution in [0.1, 0.15) is 56.6 Å². The molecule has 0 radical (unpaired) electrons. The summed E-state index contributed by atoms with van der Waals surface area (Å²) in [6.07, 6.45) is 7.97. The summed E-state index contributed by atoms with van der Waals surface area (Å²) in [6, 6.07) is 6.60. The molecule has 2 rings (SSSR count). The van der Waals surface area contributed by atoms with Gasteiger partial charge in [0, 0.05) is 38.4 Å². The van der Waals surface area contributed by atoms with Gasteiger partial charge in [0.1, 0.15) is 0 Å². The van der Waals surface area contributed by atoms with Gasteiger partial charge in [-0.25, -0.2) is 0 Å². The molecule has 4 heteroatoms. The number of piperazine rings is 1. The van der Waals surface area contributed by atoms with Crippen molar-refractivity contribution < 1.29 is 0 Å². The van der Waals surface area contributed by atoms with Gasteiger partial charge in [-0.15, -0.1) is 0 Å². The first kappa shape index (κ1) is 20.0. The van der Waals surface area contributed by atoms with Crippen LogP contribution in [0.4, 0.5) is 5.69 Å². The lowest BCUT2D eigenvalue weighted by Gasteiger charge is -2.38. The van der Waals surface area contributed by atoms with Crippen molar-refractivity contribution in [3.63, 3.8) is 0 Å². The van der Waals surface area contributed by atoms with Crippen LogP contribution >= 0.6 is 12.2 Å². The Morgan fingerprint density at radius 2 is 1.68 bits per heavy atom. The van der Waals surface area contributed by atoms with Crippen molar-refractivity contribution in [3.05, 3.63) is 29.3 Å². The summed E-state index contributed by atoms with van der Waals surface area (Å²) < 4.78 is 0. The number of unbranched alkanes of at least 4 members (excludes halogenated alkanes) is 5. The van der Waals surface area contributed by atoms with Crippen molar-refractivity contribution in [1.29, 1.82) is 0 Å². The number of nitrogens with zero attached hydrogens (tertiary/aromatic N) is 2. The van der Waals surface area contributed by atoms with Gasteiger partial charge in [0.15, 0.2) is 5.11 Å². The lowest BCUT2D eigenvalue weighted by Crippen LogP contribution is -2.52. The van der Waals surface area contributed by atoms with E-state index in [9.17, 15) is 0 Å². The second-order valence-corrected chi connectivity index (χ2v) is 7.58. The van der Waals surface area contributed by atoms with Gasteiger partial charge in [-0.1, -0.05) is 51.2 Å². The Bertz CT molecular complexity index is 536. The average molecular weight is 362 g/mol. The molecule has 3 nitrogen and oxygen atoms in total. The molecule has 0 aliphatic carbocycles. The van der Waals surface area contributed by atoms with Crippen LogP contribution in [0.2, 0.25) is 0 Å². The quantitative estimate of drug-likeness (QED) is 0.536. The number of hydrogen-bond donors (Lipinski definition) is 1. The van der Waals surface area contributed by atoms with Crippen molar-refractivity contribution >= 4 is 23.0 Å². The fraction of sp³-hybridized carbons (Fsp3) is 0.667. The van der Waals surface area contributed by atoms with Crippen molar-refractivity contribution in [2.75, 3.05) is 37.6 Å². The minimum atomic E-state index is 0.939. The molecular weight excluding hydrogens is 326 g/mol. The lowest BCUT2D eigenvalue weighted by atomic mass is 10.1. The molecule has 0 bridgehead atoms. The molecule has 1 fully saturated rings. The molecule has 1 aromatic rings. The summed E-state index contributed by atoms with van der Waals surface area (Å²) in [6.45, 7) is 11.8. The fourth-order valence-corrected chi connectivity index (χ4v) is 3.73. The maximum Gasteiger partial charge on any atom is 0.169 e. The smallest absolute Gasteiger partial charge is 0.169 e. The van der Waals surface area contributed by atoms with E-state index in [1.165, 1.54) is 55.3 Å². The maximum atomic E-state index is 5.59. The average Bonchev–Trinajstić information content (AvgIpc) is 2.63. The molecule has 0 amide bonds. The molecule has 0 aromatic heterocycles. The van der Waals surface area contributed by atoms with Gasteiger partial charge in [-0.2, -0.15) is 0 Å². The zero-order chi connectivity index (χ0) is 18.1. The maximum absolute atomic E-state index is 5.59. The number of rotatable bonds is 8. The molecule has 1 aliphatic rings. The first-order chi connectivity index (χ1) is 12.1. The van der Waals surface area contributed by atoms with Gasteiger partial charge >= 0.3 is 0 Å². The number of anilines is 1. The number of aryl methyl sites for hydroxylation is 1. The highest BCUT2D eigenvalue weighted by atomic mass is 32.1. The van der Waals surface area contributed by atoms with E-state index in [2.05, 4.69) is 54.1 Å². The monoisotopic (exact) mass is 361 g/mol. The van der Waals surface area contributed by atoms with Crippen molar-refractivity contribution in [3.8, 4) is 0 Å². The second kappa shape index (κ2) is 10.6. The van der Waals surface area contributed by atoms with Crippen molar-refractivity contribution in [2.45, 2.75) is 59.3 Å². The van der Waals surface area contributed by atoms with Gasteiger partial charge in [-0.3, -0.25) is 0 Å². The Hall–Kier alpha value is -1.29. The summed E-state index contributed by atoms with van der Waals surface area (Å²) in [5.41, 5.74) is 4.15. The molecule has 1 saturated heterocycles. The summed E-state index contributed by atoms with van der Waals surface area (Å²) in [7, 11) is 0. The molecule has 1 aliphatic heterocycles. The molecule has 1 heterocycles. The summed E-state index contributed by atoms with van der Waals surface area (Å²) in [5.74, 6) is 0. The highest BCUT2D eigenvalue weighted by Gasteiger charge is 2.20. The van der Waals surface area contributed by atoms with Crippen molar-refractivity contribution in [1.82, 2.24) is 10.2 Å². The van der Waals surface area contributed by atoms with Crippen LogP contribution in [-0.4, -0.2) is 42.7 Å². The SMILES string of the molecule is CCCCCCCCNC(=S)N1CCN(c2cccc(C)c2C)CC1. The number of nitrogens with one attached hydrogen (secondary N) is 1. The van der Waals surface area contributed by atoms with E-state index < -0.39 is 0 Å². The van der Waals surface area contributed by atoms with Gasteiger partial charge < -0.3 is 15.1 Å². The lowest BCUT2D eigenvalue weighted by molar-refractivity contribution is 0.379. The molecule has 1 aromatic carbocycles. The van der Waals surface area contributed by atoms with Crippen LogP contribution in [0.15, 0.2) is 18.2 Å². The minimum Gasteiger partial charge on any atom is -0.368 e. The highest BCUT2D eigenvalue weighted by Crippen LogP contribution is 2.23. The zero-order valence-electron chi connectivity index (χ0n) is 16.3. The minimum absolute atomic E-state index is 0.939. The van der Waals surface area contributed by atoms with Crippen LogP contribution in [0.3, 0.4) is 0 Å². The molecule has 0 unspecified atom stereocenters. The largest absolute Gasteiger partial charge is 0.368 e. The Morgan fingerprint density at radius 3 is 2.40 bits per heavy atom. The van der Waals surface area contributed by atoms with Crippen molar-refractivity contribution in [2.24, 2.45) is 0 Å². The van der Waals surface area contributed by atoms with Crippen LogP contribution in [-0.2, 0) is 0 Å². The van der Waals surface area contributed by atoms with E-state index in [-0.39, 0.29) is 0 Å². The molecule has 25 heavy (non-hydrogen) atoms. The van der Waals surface area contributed by atoms with Gasteiger partial charge in [0.2, 0.25) is 0 Å². The van der Waals surface area contributed by atoms with Gasteiger partial charge in [0.25, 0.3) is 0 Å². The number of hydrogen-bond acceptors (Lipinski definition) is 2. The first-order valence-electron chi connectivity index (χ1n) is 9.97. The van der Waals surface area contributed by atoms with E-state index >= 15 is 0 Å². The van der Waals surface area contributed by atoms with E-state index in [1.54, 1.807) is 0 Å². The van der Waals surface area contributed by atoms with E-state index in [0.29, 0.717) is 0 Å². The summed E-state index contributed by atoms with van der Waals surface area (Å²) >= 11 is 5.59. The molecular formula is C21H35N3S. The van der Waals surface area contributed by atoms with Crippen LogP contribution in [0, 0.1) is 13.8 Å². The molecule has 0 atom stereocenters. The zero-order valence-corrected chi connectivity index (χ0v) is 17.1. The number of thiocarbonyl (C=S) groups is 1. The third-order valence-corrected chi connectivity index (χ3v) is 5.69. The molecule has 0 saturated carbocycles. The fourth-order valence-electron chi connectivity index (χ4n) is 3.44. The number of benzene rings is 1. The predicted octanol–water partition coefficient (Wildman–Crippen LogP) is 4.66. The third-order valence-electron chi connectivity index (χ3n) is 5.29. The highest BCUT2D eigenvalue weighted by molar-refractivity contribution is 7.80.